The van der Waals surface area contributed by atoms with E-state index < -0.39 is 11.9 Å². The van der Waals surface area contributed by atoms with Crippen molar-refractivity contribution in [2.75, 3.05) is 5.32 Å². The molecule has 31 heavy (non-hydrogen) atoms. The molecule has 5 N–H and O–H groups in total. The Hall–Kier alpha value is -3.52. The molecule has 0 spiro atoms. The lowest BCUT2D eigenvalue weighted by atomic mass is 10.1. The predicted molar refractivity (Wildman–Crippen MR) is 120 cm³/mol. The number of hydrogen-bond acceptors (Lipinski definition) is 4. The zero-order valence-corrected chi connectivity index (χ0v) is 17.6. The Labute approximate surface area is 183 Å². The summed E-state index contributed by atoms with van der Waals surface area (Å²) in [5.74, 6) is -0.454. The summed E-state index contributed by atoms with van der Waals surface area (Å²) in [6, 6.07) is 10.4. The number of piperidine rings is 1. The van der Waals surface area contributed by atoms with Crippen LogP contribution in [0.5, 0.6) is 5.88 Å². The number of aliphatic imine (C=N–C) groups is 1. The number of carbonyl (C=O) groups excluding carboxylic acids is 2. The van der Waals surface area contributed by atoms with Crippen LogP contribution in [0.4, 0.5) is 5.69 Å². The Morgan fingerprint density at radius 3 is 2.87 bits per heavy atom. The molecule has 1 aromatic heterocycles. The van der Waals surface area contributed by atoms with Gasteiger partial charge in [-0.1, -0.05) is 23.7 Å². The van der Waals surface area contributed by atoms with Crippen molar-refractivity contribution in [3.05, 3.63) is 58.7 Å². The van der Waals surface area contributed by atoms with E-state index in [2.05, 4.69) is 15.6 Å². The molecule has 8 nitrogen and oxygen atoms in total. The largest absolute Gasteiger partial charge is 0.494 e. The summed E-state index contributed by atoms with van der Waals surface area (Å²) < 4.78 is 1.51. The Bertz CT molecular complexity index is 1220. The topological polar surface area (TPSA) is 122 Å². The lowest BCUT2D eigenvalue weighted by Gasteiger charge is -2.22. The Balaban J connectivity index is 1.51. The zero-order chi connectivity index (χ0) is 22.1. The molecule has 2 heterocycles. The van der Waals surface area contributed by atoms with Gasteiger partial charge >= 0.3 is 0 Å². The molecule has 160 valence electrons. The van der Waals surface area contributed by atoms with Crippen LogP contribution in [0.2, 0.25) is 5.02 Å². The number of imide groups is 1. The third kappa shape index (κ3) is 4.34. The lowest BCUT2D eigenvalue weighted by Crippen LogP contribution is -2.41. The van der Waals surface area contributed by atoms with Crippen LogP contribution in [-0.4, -0.2) is 27.4 Å². The maximum absolute atomic E-state index is 12.2. The fourth-order valence-corrected chi connectivity index (χ4v) is 3.77. The predicted octanol–water partition coefficient (Wildman–Crippen LogP) is 3.21. The summed E-state index contributed by atoms with van der Waals surface area (Å²) in [6.45, 7) is 2.25. The van der Waals surface area contributed by atoms with Crippen molar-refractivity contribution in [3.8, 4) is 5.88 Å². The second-order valence-corrected chi connectivity index (χ2v) is 7.95. The first kappa shape index (κ1) is 20.7. The van der Waals surface area contributed by atoms with E-state index in [1.165, 1.54) is 4.57 Å². The molecule has 0 saturated carbocycles. The van der Waals surface area contributed by atoms with E-state index in [-0.39, 0.29) is 24.2 Å². The highest BCUT2D eigenvalue weighted by molar-refractivity contribution is 6.31. The van der Waals surface area contributed by atoms with Gasteiger partial charge in [-0.3, -0.25) is 14.9 Å². The summed E-state index contributed by atoms with van der Waals surface area (Å²) in [6.07, 6.45) is 2.30. The quantitative estimate of drug-likeness (QED) is 0.282. The number of fused-ring (bicyclic) bond motifs is 1. The van der Waals surface area contributed by atoms with Crippen molar-refractivity contribution in [2.24, 2.45) is 10.7 Å². The number of nitrogens with two attached hydrogens (primary N) is 1. The van der Waals surface area contributed by atoms with Crippen molar-refractivity contribution < 1.29 is 14.7 Å². The van der Waals surface area contributed by atoms with E-state index in [1.54, 1.807) is 18.3 Å². The minimum Gasteiger partial charge on any atom is -0.494 e. The number of anilines is 1. The number of hydrogen-bond donors (Lipinski definition) is 4. The number of halogens is 1. The van der Waals surface area contributed by atoms with Crippen LogP contribution < -0.4 is 16.4 Å². The highest BCUT2D eigenvalue weighted by Crippen LogP contribution is 2.33. The van der Waals surface area contributed by atoms with Gasteiger partial charge in [-0.15, -0.1) is 0 Å². The zero-order valence-electron chi connectivity index (χ0n) is 16.9. The monoisotopic (exact) mass is 439 g/mol. The Morgan fingerprint density at radius 2 is 2.13 bits per heavy atom. The van der Waals surface area contributed by atoms with Gasteiger partial charge in [0.15, 0.2) is 11.8 Å². The van der Waals surface area contributed by atoms with Crippen molar-refractivity contribution >= 4 is 45.8 Å². The number of carbonyl (C=O) groups is 2. The van der Waals surface area contributed by atoms with Crippen molar-refractivity contribution in [2.45, 2.75) is 32.4 Å². The van der Waals surface area contributed by atoms with Crippen molar-refractivity contribution in [1.29, 1.82) is 0 Å². The highest BCUT2D eigenvalue weighted by atomic mass is 35.5. The third-order valence-corrected chi connectivity index (χ3v) is 5.71. The second-order valence-electron chi connectivity index (χ2n) is 7.54. The smallest absolute Gasteiger partial charge is 0.249 e. The number of aromatic nitrogens is 1. The number of guanidine groups is 1. The van der Waals surface area contributed by atoms with E-state index in [1.807, 2.05) is 31.2 Å². The highest BCUT2D eigenvalue weighted by Gasteiger charge is 2.29. The standard InChI is InChI=1S/C22H22ClN5O3/c1-12-2-4-15(9-17(12)23)26-22(24)25-10-13-3-5-16-14(8-13)11-28(21(16)31)18-6-7-19(29)27-20(18)30/h2-5,8-9,11,18,31H,6-7,10H2,1H3,(H3,24,25,26)(H,27,29,30). The molecule has 2 amide bonds. The molecule has 1 fully saturated rings. The number of nitrogens with zero attached hydrogens (tertiary/aromatic N) is 2. The molecule has 4 rings (SSSR count). The van der Waals surface area contributed by atoms with Crippen LogP contribution >= 0.6 is 11.6 Å². The van der Waals surface area contributed by atoms with Crippen LogP contribution in [0.15, 0.2) is 47.6 Å². The normalized spacial score (nSPS) is 17.1. The number of nitrogens with one attached hydrogen (secondary N) is 2. The van der Waals surface area contributed by atoms with Gasteiger partial charge in [-0.25, -0.2) is 4.99 Å². The minimum absolute atomic E-state index is 0.00280. The first-order valence-corrected chi connectivity index (χ1v) is 10.2. The molecule has 0 aliphatic carbocycles. The summed E-state index contributed by atoms with van der Waals surface area (Å²) >= 11 is 6.13. The first-order valence-electron chi connectivity index (χ1n) is 9.81. The van der Waals surface area contributed by atoms with E-state index in [0.29, 0.717) is 23.4 Å². The fraction of sp³-hybridized carbons (Fsp3) is 0.227. The maximum Gasteiger partial charge on any atom is 0.249 e. The van der Waals surface area contributed by atoms with Gasteiger partial charge in [0.25, 0.3) is 0 Å². The number of aromatic hydroxyl groups is 1. The van der Waals surface area contributed by atoms with E-state index >= 15 is 0 Å². The van der Waals surface area contributed by atoms with Gasteiger partial charge in [-0.2, -0.15) is 0 Å². The molecule has 1 aliphatic heterocycles. The summed E-state index contributed by atoms with van der Waals surface area (Å²) in [4.78, 5) is 27.9. The first-order chi connectivity index (χ1) is 14.8. The van der Waals surface area contributed by atoms with Crippen LogP contribution in [0.1, 0.15) is 30.0 Å². The number of rotatable bonds is 4. The average Bonchev–Trinajstić information content (AvgIpc) is 3.05. The molecular formula is C22H22ClN5O3. The van der Waals surface area contributed by atoms with E-state index in [4.69, 9.17) is 17.3 Å². The van der Waals surface area contributed by atoms with Crippen molar-refractivity contribution in [3.63, 3.8) is 0 Å². The van der Waals surface area contributed by atoms with E-state index in [0.717, 1.165) is 22.2 Å². The van der Waals surface area contributed by atoms with Gasteiger partial charge in [-0.05, 0) is 48.7 Å². The van der Waals surface area contributed by atoms with Crippen LogP contribution in [0, 0.1) is 6.92 Å². The molecule has 1 atom stereocenters. The van der Waals surface area contributed by atoms with Gasteiger partial charge in [0.2, 0.25) is 11.8 Å². The van der Waals surface area contributed by atoms with Gasteiger partial charge < -0.3 is 20.7 Å². The molecule has 0 bridgehead atoms. The van der Waals surface area contributed by atoms with Crippen LogP contribution in [0.25, 0.3) is 10.8 Å². The summed E-state index contributed by atoms with van der Waals surface area (Å²) in [5, 5.41) is 17.9. The van der Waals surface area contributed by atoms with Gasteiger partial charge in [0.05, 0.1) is 6.54 Å². The average molecular weight is 440 g/mol. The molecule has 1 saturated heterocycles. The molecule has 1 unspecified atom stereocenters. The molecule has 0 radical (unpaired) electrons. The summed E-state index contributed by atoms with van der Waals surface area (Å²) in [5.41, 5.74) is 8.60. The summed E-state index contributed by atoms with van der Waals surface area (Å²) in [7, 11) is 0. The van der Waals surface area contributed by atoms with Gasteiger partial charge in [0.1, 0.15) is 6.04 Å². The molecule has 1 aliphatic rings. The molecule has 2 aromatic carbocycles. The van der Waals surface area contributed by atoms with Crippen molar-refractivity contribution in [1.82, 2.24) is 9.88 Å². The lowest BCUT2D eigenvalue weighted by molar-refractivity contribution is -0.135. The fourth-order valence-electron chi connectivity index (χ4n) is 3.59. The third-order valence-electron chi connectivity index (χ3n) is 5.30. The maximum atomic E-state index is 12.2. The minimum atomic E-state index is -0.618. The van der Waals surface area contributed by atoms with Gasteiger partial charge in [0, 0.05) is 34.1 Å². The SMILES string of the molecule is Cc1ccc(NC(N)=NCc2ccc3c(O)n(C4CCC(=O)NC4=O)cc3c2)cc1Cl. The van der Waals surface area contributed by atoms with E-state index in [9.17, 15) is 14.7 Å². The molecular weight excluding hydrogens is 418 g/mol. The number of aryl methyl sites for hydroxylation is 1. The number of amides is 2. The second kappa shape index (κ2) is 8.31. The Kier molecular flexibility index (Phi) is 5.56. The Morgan fingerprint density at radius 1 is 1.32 bits per heavy atom. The molecule has 3 aromatic rings. The van der Waals surface area contributed by atoms with Crippen LogP contribution in [-0.2, 0) is 16.1 Å². The van der Waals surface area contributed by atoms with Crippen LogP contribution in [0.3, 0.4) is 0 Å². The number of benzene rings is 2. The molecule has 9 heteroatoms.